The van der Waals surface area contributed by atoms with Gasteiger partial charge in [0.1, 0.15) is 0 Å². The van der Waals surface area contributed by atoms with E-state index in [2.05, 4.69) is 11.4 Å². The Kier molecular flexibility index (Phi) is 3.80. The van der Waals surface area contributed by atoms with Crippen LogP contribution in [0.1, 0.15) is 24.3 Å². The molecule has 0 spiro atoms. The lowest BCUT2D eigenvalue weighted by Gasteiger charge is -2.37. The Bertz CT molecular complexity index is 669. The molecule has 2 aromatic rings. The van der Waals surface area contributed by atoms with Crippen LogP contribution in [0.5, 0.6) is 0 Å². The van der Waals surface area contributed by atoms with Gasteiger partial charge < -0.3 is 5.32 Å². The number of hydrogen-bond acceptors (Lipinski definition) is 3. The molecule has 1 aliphatic carbocycles. The monoisotopic (exact) mass is 302 g/mol. The Labute approximate surface area is 127 Å². The van der Waals surface area contributed by atoms with Gasteiger partial charge in [-0.25, -0.2) is 0 Å². The summed E-state index contributed by atoms with van der Waals surface area (Å²) in [6.45, 7) is 0. The van der Waals surface area contributed by atoms with Gasteiger partial charge in [-0.05, 0) is 36.5 Å². The van der Waals surface area contributed by atoms with Gasteiger partial charge in [-0.15, -0.1) is 0 Å². The van der Waals surface area contributed by atoms with Crippen molar-refractivity contribution in [1.29, 1.82) is 0 Å². The minimum Gasteiger partial charge on any atom is -0.382 e. The van der Waals surface area contributed by atoms with Crippen LogP contribution in [-0.4, -0.2) is 11.0 Å². The lowest BCUT2D eigenvalue weighted by Crippen LogP contribution is -2.34. The highest BCUT2D eigenvalue weighted by Crippen LogP contribution is 2.41. The minimum absolute atomic E-state index is 0.113. The SMILES string of the molecule is O=[N+]([O-])c1cccc(NC2CC(c3ccccc3Cl)C2)c1. The predicted molar refractivity (Wildman–Crippen MR) is 83.9 cm³/mol. The van der Waals surface area contributed by atoms with Gasteiger partial charge in [0.15, 0.2) is 0 Å². The van der Waals surface area contributed by atoms with Gasteiger partial charge >= 0.3 is 0 Å². The average Bonchev–Trinajstić information content (AvgIpc) is 2.44. The van der Waals surface area contributed by atoms with Gasteiger partial charge in [-0.1, -0.05) is 35.9 Å². The van der Waals surface area contributed by atoms with Crippen molar-refractivity contribution in [3.05, 3.63) is 69.2 Å². The lowest BCUT2D eigenvalue weighted by atomic mass is 9.76. The van der Waals surface area contributed by atoms with Crippen LogP contribution in [-0.2, 0) is 0 Å². The van der Waals surface area contributed by atoms with Gasteiger partial charge in [0.2, 0.25) is 0 Å². The van der Waals surface area contributed by atoms with Crippen LogP contribution in [0.15, 0.2) is 48.5 Å². The molecule has 0 amide bonds. The van der Waals surface area contributed by atoms with E-state index in [4.69, 9.17) is 11.6 Å². The van der Waals surface area contributed by atoms with E-state index in [1.54, 1.807) is 12.1 Å². The largest absolute Gasteiger partial charge is 0.382 e. The Morgan fingerprint density at radius 2 is 1.90 bits per heavy atom. The standard InChI is InChI=1S/C16H15ClN2O2/c17-16-7-2-1-6-15(16)11-8-13(9-11)18-12-4-3-5-14(10-12)19(20)21/h1-7,10-11,13,18H,8-9H2. The van der Waals surface area contributed by atoms with Crippen molar-refractivity contribution < 1.29 is 4.92 Å². The molecule has 3 rings (SSSR count). The summed E-state index contributed by atoms with van der Waals surface area (Å²) in [5, 5.41) is 14.9. The summed E-state index contributed by atoms with van der Waals surface area (Å²) in [4.78, 5) is 10.4. The van der Waals surface area contributed by atoms with Gasteiger partial charge in [0.25, 0.3) is 5.69 Å². The zero-order valence-corrected chi connectivity index (χ0v) is 12.1. The Balaban J connectivity index is 1.61. The number of non-ortho nitro benzene ring substituents is 1. The average molecular weight is 303 g/mol. The van der Waals surface area contributed by atoms with Crippen molar-refractivity contribution in [2.75, 3.05) is 5.32 Å². The van der Waals surface area contributed by atoms with E-state index in [9.17, 15) is 10.1 Å². The van der Waals surface area contributed by atoms with Gasteiger partial charge in [0.05, 0.1) is 4.92 Å². The van der Waals surface area contributed by atoms with Crippen LogP contribution in [0, 0.1) is 10.1 Å². The van der Waals surface area contributed by atoms with E-state index >= 15 is 0 Å². The summed E-state index contributed by atoms with van der Waals surface area (Å²) in [6.07, 6.45) is 1.98. The van der Waals surface area contributed by atoms with Gasteiger partial charge in [-0.3, -0.25) is 10.1 Å². The van der Waals surface area contributed by atoms with E-state index in [0.717, 1.165) is 23.6 Å². The van der Waals surface area contributed by atoms with E-state index in [-0.39, 0.29) is 10.6 Å². The molecule has 0 saturated heterocycles. The number of anilines is 1. The highest BCUT2D eigenvalue weighted by Gasteiger charge is 2.31. The summed E-state index contributed by atoms with van der Waals surface area (Å²) in [5.74, 6) is 0.467. The van der Waals surface area contributed by atoms with Crippen LogP contribution in [0.3, 0.4) is 0 Å². The summed E-state index contributed by atoms with van der Waals surface area (Å²) >= 11 is 6.20. The summed E-state index contributed by atoms with van der Waals surface area (Å²) < 4.78 is 0. The number of nitro benzene ring substituents is 1. The number of halogens is 1. The highest BCUT2D eigenvalue weighted by molar-refractivity contribution is 6.31. The molecule has 2 aromatic carbocycles. The van der Waals surface area contributed by atoms with Crippen LogP contribution >= 0.6 is 11.6 Å². The summed E-state index contributed by atoms with van der Waals surface area (Å²) in [7, 11) is 0. The molecule has 0 radical (unpaired) electrons. The second kappa shape index (κ2) is 5.74. The van der Waals surface area contributed by atoms with Crippen molar-refractivity contribution in [2.24, 2.45) is 0 Å². The van der Waals surface area contributed by atoms with Crippen molar-refractivity contribution >= 4 is 23.0 Å². The van der Waals surface area contributed by atoms with Crippen LogP contribution in [0.25, 0.3) is 0 Å². The van der Waals surface area contributed by atoms with E-state index in [0.29, 0.717) is 12.0 Å². The molecule has 21 heavy (non-hydrogen) atoms. The molecule has 1 N–H and O–H groups in total. The number of hydrogen-bond donors (Lipinski definition) is 1. The normalized spacial score (nSPS) is 20.6. The third kappa shape index (κ3) is 3.00. The van der Waals surface area contributed by atoms with E-state index < -0.39 is 0 Å². The molecule has 0 unspecified atom stereocenters. The molecule has 0 aliphatic heterocycles. The first-order valence-corrected chi connectivity index (χ1v) is 7.26. The zero-order chi connectivity index (χ0) is 14.8. The molecule has 108 valence electrons. The maximum absolute atomic E-state index is 10.8. The molecule has 0 atom stereocenters. The van der Waals surface area contributed by atoms with Crippen molar-refractivity contribution in [2.45, 2.75) is 24.8 Å². The smallest absolute Gasteiger partial charge is 0.271 e. The molecule has 1 fully saturated rings. The minimum atomic E-state index is -0.376. The Morgan fingerprint density at radius 3 is 2.62 bits per heavy atom. The van der Waals surface area contributed by atoms with E-state index in [1.165, 1.54) is 11.6 Å². The lowest BCUT2D eigenvalue weighted by molar-refractivity contribution is -0.384. The third-order valence-electron chi connectivity index (χ3n) is 3.91. The molecule has 5 heteroatoms. The Morgan fingerprint density at radius 1 is 1.14 bits per heavy atom. The van der Waals surface area contributed by atoms with Crippen molar-refractivity contribution in [3.8, 4) is 0 Å². The van der Waals surface area contributed by atoms with Gasteiger partial charge in [0, 0.05) is 28.9 Å². The van der Waals surface area contributed by atoms with Crippen LogP contribution < -0.4 is 5.32 Å². The first-order valence-electron chi connectivity index (χ1n) is 6.89. The van der Waals surface area contributed by atoms with Crippen LogP contribution in [0.2, 0.25) is 5.02 Å². The molecule has 4 nitrogen and oxygen atoms in total. The fourth-order valence-electron chi connectivity index (χ4n) is 2.74. The number of rotatable bonds is 4. The van der Waals surface area contributed by atoms with Gasteiger partial charge in [-0.2, -0.15) is 0 Å². The first kappa shape index (κ1) is 13.9. The van der Waals surface area contributed by atoms with Crippen molar-refractivity contribution in [3.63, 3.8) is 0 Å². The molecular formula is C16H15ClN2O2. The molecule has 1 aliphatic rings. The number of nitro groups is 1. The molecule has 0 bridgehead atoms. The molecule has 0 heterocycles. The maximum Gasteiger partial charge on any atom is 0.271 e. The highest BCUT2D eigenvalue weighted by atomic mass is 35.5. The molecule has 1 saturated carbocycles. The molecular weight excluding hydrogens is 288 g/mol. The quantitative estimate of drug-likeness (QED) is 0.663. The maximum atomic E-state index is 10.8. The number of nitrogens with zero attached hydrogens (tertiary/aromatic N) is 1. The fraction of sp³-hybridized carbons (Fsp3) is 0.250. The summed E-state index contributed by atoms with van der Waals surface area (Å²) in [5.41, 5.74) is 2.10. The second-order valence-electron chi connectivity index (χ2n) is 5.34. The topological polar surface area (TPSA) is 55.2 Å². The van der Waals surface area contributed by atoms with Crippen LogP contribution in [0.4, 0.5) is 11.4 Å². The van der Waals surface area contributed by atoms with Crippen molar-refractivity contribution in [1.82, 2.24) is 0 Å². The number of nitrogens with one attached hydrogen (secondary N) is 1. The Hall–Kier alpha value is -2.07. The number of benzene rings is 2. The fourth-order valence-corrected chi connectivity index (χ4v) is 3.03. The zero-order valence-electron chi connectivity index (χ0n) is 11.3. The first-order chi connectivity index (χ1) is 10.1. The van der Waals surface area contributed by atoms with E-state index in [1.807, 2.05) is 24.3 Å². The summed E-state index contributed by atoms with van der Waals surface area (Å²) in [6, 6.07) is 14.9. The predicted octanol–water partition coefficient (Wildman–Crippen LogP) is 4.61. The third-order valence-corrected chi connectivity index (χ3v) is 4.26. The molecule has 0 aromatic heterocycles. The second-order valence-corrected chi connectivity index (χ2v) is 5.75.